The molecule has 2 heterocycles. The predicted octanol–water partition coefficient (Wildman–Crippen LogP) is 4.53. The molecule has 1 fully saturated rings. The standard InChI is InChI=1S/C24H30N6O3/c1-3-21(15-6-5-7-18(31)12-15)28-24(32)20-13-25-23-19(14-26-30(23)4-2)22(20)27-16-8-10-17(29-33)11-9-16/h5-7,12-14,16-17,21,31H,3-4,8-11H2,1-2H3,(H,25,27)(H,28,32). The zero-order valence-corrected chi connectivity index (χ0v) is 19.0. The molecule has 1 amide bonds. The van der Waals surface area contributed by atoms with Crippen molar-refractivity contribution in [2.24, 2.45) is 5.18 Å². The molecule has 0 spiro atoms. The van der Waals surface area contributed by atoms with Crippen LogP contribution in [0.15, 0.2) is 41.8 Å². The van der Waals surface area contributed by atoms with Gasteiger partial charge in [0.25, 0.3) is 5.91 Å². The number of carbonyl (C=O) groups excluding carboxylic acids is 1. The molecule has 9 heteroatoms. The first-order valence-electron chi connectivity index (χ1n) is 11.6. The lowest BCUT2D eigenvalue weighted by Gasteiger charge is -2.27. The van der Waals surface area contributed by atoms with Crippen molar-refractivity contribution in [2.45, 2.75) is 70.6 Å². The number of aromatic hydroxyl groups is 1. The maximum absolute atomic E-state index is 13.4. The highest BCUT2D eigenvalue weighted by Crippen LogP contribution is 2.31. The smallest absolute Gasteiger partial charge is 0.255 e. The van der Waals surface area contributed by atoms with E-state index in [1.54, 1.807) is 35.3 Å². The van der Waals surface area contributed by atoms with E-state index >= 15 is 0 Å². The van der Waals surface area contributed by atoms with Gasteiger partial charge in [0.2, 0.25) is 0 Å². The van der Waals surface area contributed by atoms with E-state index in [9.17, 15) is 14.8 Å². The molecule has 1 unspecified atom stereocenters. The van der Waals surface area contributed by atoms with Gasteiger partial charge in [-0.1, -0.05) is 24.2 Å². The van der Waals surface area contributed by atoms with E-state index < -0.39 is 0 Å². The molecule has 3 aromatic rings. The highest BCUT2D eigenvalue weighted by atomic mass is 16.3. The number of aryl methyl sites for hydroxylation is 1. The Bertz CT molecular complexity index is 1140. The average molecular weight is 451 g/mol. The normalized spacial score (nSPS) is 19.2. The Balaban J connectivity index is 1.65. The second kappa shape index (κ2) is 9.97. The lowest BCUT2D eigenvalue weighted by atomic mass is 9.91. The summed E-state index contributed by atoms with van der Waals surface area (Å²) in [5.74, 6) is -0.0763. The topological polar surface area (TPSA) is 122 Å². The van der Waals surface area contributed by atoms with E-state index in [4.69, 9.17) is 0 Å². The number of phenolic OH excluding ortho intramolecular Hbond substituents is 1. The summed E-state index contributed by atoms with van der Waals surface area (Å²) >= 11 is 0. The fourth-order valence-electron chi connectivity index (χ4n) is 4.51. The number of carbonyl (C=O) groups is 1. The maximum Gasteiger partial charge on any atom is 0.255 e. The van der Waals surface area contributed by atoms with E-state index in [-0.39, 0.29) is 29.8 Å². The molecule has 3 N–H and O–H groups in total. The fraction of sp³-hybridized carbons (Fsp3) is 0.458. The van der Waals surface area contributed by atoms with Gasteiger partial charge in [0.15, 0.2) is 5.65 Å². The number of hydrogen-bond donors (Lipinski definition) is 3. The van der Waals surface area contributed by atoms with Crippen molar-refractivity contribution in [3.8, 4) is 5.75 Å². The van der Waals surface area contributed by atoms with E-state index in [0.717, 1.165) is 42.3 Å². The van der Waals surface area contributed by atoms with E-state index in [1.165, 1.54) is 0 Å². The number of benzene rings is 1. The largest absolute Gasteiger partial charge is 0.508 e. The Morgan fingerprint density at radius 1 is 1.24 bits per heavy atom. The Morgan fingerprint density at radius 2 is 2.03 bits per heavy atom. The van der Waals surface area contributed by atoms with Crippen molar-refractivity contribution < 1.29 is 9.90 Å². The molecule has 1 atom stereocenters. The Morgan fingerprint density at radius 3 is 2.70 bits per heavy atom. The summed E-state index contributed by atoms with van der Waals surface area (Å²) in [5, 5.41) is 24.9. The van der Waals surface area contributed by atoms with Gasteiger partial charge in [-0.15, -0.1) is 0 Å². The second-order valence-electron chi connectivity index (χ2n) is 8.53. The van der Waals surface area contributed by atoms with Crippen molar-refractivity contribution in [1.29, 1.82) is 0 Å². The van der Waals surface area contributed by atoms with Crippen LogP contribution in [0.1, 0.15) is 67.9 Å². The van der Waals surface area contributed by atoms with Crippen LogP contribution in [0.25, 0.3) is 11.0 Å². The van der Waals surface area contributed by atoms with Crippen LogP contribution in [-0.4, -0.2) is 37.9 Å². The van der Waals surface area contributed by atoms with Crippen LogP contribution in [0.5, 0.6) is 5.75 Å². The monoisotopic (exact) mass is 450 g/mol. The minimum Gasteiger partial charge on any atom is -0.508 e. The number of nitrogens with zero attached hydrogens (tertiary/aromatic N) is 4. The summed E-state index contributed by atoms with van der Waals surface area (Å²) in [5.41, 5.74) is 2.73. The van der Waals surface area contributed by atoms with Crippen LogP contribution in [0, 0.1) is 4.91 Å². The van der Waals surface area contributed by atoms with Gasteiger partial charge in [-0.2, -0.15) is 10.0 Å². The Hall–Kier alpha value is -3.49. The summed E-state index contributed by atoms with van der Waals surface area (Å²) in [4.78, 5) is 28.8. The molecule has 174 valence electrons. The van der Waals surface area contributed by atoms with Gasteiger partial charge in [0.05, 0.1) is 34.9 Å². The van der Waals surface area contributed by atoms with Gasteiger partial charge in [0, 0.05) is 18.8 Å². The van der Waals surface area contributed by atoms with Gasteiger partial charge in [-0.3, -0.25) is 4.79 Å². The summed E-state index contributed by atoms with van der Waals surface area (Å²) in [6.07, 6.45) is 7.11. The molecule has 1 saturated carbocycles. The molecule has 0 bridgehead atoms. The number of nitrogens with one attached hydrogen (secondary N) is 2. The quantitative estimate of drug-likeness (QED) is 0.434. The van der Waals surface area contributed by atoms with Crippen molar-refractivity contribution in [3.05, 3.63) is 52.7 Å². The SMILES string of the molecule is CCC(NC(=O)c1cnc2c(cnn2CC)c1NC1CCC(N=O)CC1)c1cccc(O)c1. The molecule has 1 aromatic carbocycles. The van der Waals surface area contributed by atoms with Crippen molar-refractivity contribution in [3.63, 3.8) is 0 Å². The molecule has 33 heavy (non-hydrogen) atoms. The molecular weight excluding hydrogens is 420 g/mol. The molecule has 1 aliphatic rings. The summed E-state index contributed by atoms with van der Waals surface area (Å²) in [6.45, 7) is 4.66. The number of pyridine rings is 1. The minimum absolute atomic E-state index is 0.126. The van der Waals surface area contributed by atoms with Gasteiger partial charge in [0.1, 0.15) is 5.75 Å². The highest BCUT2D eigenvalue weighted by molar-refractivity contribution is 6.06. The molecule has 9 nitrogen and oxygen atoms in total. The van der Waals surface area contributed by atoms with Crippen LogP contribution in [0.2, 0.25) is 0 Å². The van der Waals surface area contributed by atoms with Crippen LogP contribution in [0.4, 0.5) is 5.69 Å². The third-order valence-electron chi connectivity index (χ3n) is 6.39. The summed E-state index contributed by atoms with van der Waals surface area (Å²) < 4.78 is 1.80. The minimum atomic E-state index is -0.249. The van der Waals surface area contributed by atoms with Crippen molar-refractivity contribution >= 4 is 22.6 Å². The Kier molecular flexibility index (Phi) is 6.86. The lowest BCUT2D eigenvalue weighted by Crippen LogP contribution is -2.31. The molecule has 0 radical (unpaired) electrons. The number of amides is 1. The van der Waals surface area contributed by atoms with Gasteiger partial charge in [-0.25, -0.2) is 9.67 Å². The zero-order valence-electron chi connectivity index (χ0n) is 19.0. The molecule has 4 rings (SSSR count). The van der Waals surface area contributed by atoms with E-state index in [1.807, 2.05) is 19.9 Å². The van der Waals surface area contributed by atoms with Crippen LogP contribution < -0.4 is 10.6 Å². The first-order chi connectivity index (χ1) is 16.0. The summed E-state index contributed by atoms with van der Waals surface area (Å²) in [7, 11) is 0. The van der Waals surface area contributed by atoms with E-state index in [2.05, 4.69) is 25.9 Å². The number of fused-ring (bicyclic) bond motifs is 1. The number of aromatic nitrogens is 3. The summed E-state index contributed by atoms with van der Waals surface area (Å²) in [6, 6.07) is 6.69. The van der Waals surface area contributed by atoms with Gasteiger partial charge < -0.3 is 15.7 Å². The first-order valence-corrected chi connectivity index (χ1v) is 11.6. The lowest BCUT2D eigenvalue weighted by molar-refractivity contribution is 0.0936. The molecule has 0 aliphatic heterocycles. The van der Waals surface area contributed by atoms with Crippen molar-refractivity contribution in [1.82, 2.24) is 20.1 Å². The maximum atomic E-state index is 13.4. The first kappa shape index (κ1) is 22.7. The number of hydrogen-bond acceptors (Lipinski definition) is 7. The average Bonchev–Trinajstić information content (AvgIpc) is 3.26. The van der Waals surface area contributed by atoms with Crippen molar-refractivity contribution in [2.75, 3.05) is 5.32 Å². The fourth-order valence-corrected chi connectivity index (χ4v) is 4.51. The third kappa shape index (κ3) is 4.81. The highest BCUT2D eigenvalue weighted by Gasteiger charge is 2.26. The molecule has 1 aliphatic carbocycles. The Labute approximate surface area is 192 Å². The van der Waals surface area contributed by atoms with E-state index in [0.29, 0.717) is 24.2 Å². The predicted molar refractivity (Wildman–Crippen MR) is 127 cm³/mol. The second-order valence-corrected chi connectivity index (χ2v) is 8.53. The van der Waals surface area contributed by atoms with Crippen LogP contribution in [0.3, 0.4) is 0 Å². The van der Waals surface area contributed by atoms with Gasteiger partial charge in [-0.05, 0) is 56.7 Å². The molecular formula is C24H30N6O3. The van der Waals surface area contributed by atoms with Crippen LogP contribution >= 0.6 is 0 Å². The third-order valence-corrected chi connectivity index (χ3v) is 6.39. The zero-order chi connectivity index (χ0) is 23.4. The van der Waals surface area contributed by atoms with Gasteiger partial charge >= 0.3 is 0 Å². The molecule has 2 aromatic heterocycles. The van der Waals surface area contributed by atoms with Crippen LogP contribution in [-0.2, 0) is 6.54 Å². The number of rotatable bonds is 8. The number of nitroso groups, excluding NO2 is 1. The molecule has 0 saturated heterocycles. The number of phenols is 1. The number of anilines is 1.